The Hall–Kier alpha value is -2.58. The van der Waals surface area contributed by atoms with E-state index in [1.54, 1.807) is 13.8 Å². The summed E-state index contributed by atoms with van der Waals surface area (Å²) < 4.78 is 0. The highest BCUT2D eigenvalue weighted by atomic mass is 32.1. The van der Waals surface area contributed by atoms with E-state index in [9.17, 15) is 9.59 Å². The van der Waals surface area contributed by atoms with Crippen molar-refractivity contribution < 1.29 is 9.59 Å². The molecule has 7 unspecified atom stereocenters. The van der Waals surface area contributed by atoms with Gasteiger partial charge in [-0.15, -0.1) is 11.3 Å². The Bertz CT molecular complexity index is 1260. The quantitative estimate of drug-likeness (QED) is 0.345. The number of hydrogen-bond donors (Lipinski definition) is 0. The molecular formula is C31H34N2O2S. The summed E-state index contributed by atoms with van der Waals surface area (Å²) in [6.45, 7) is 8.61. The molecule has 0 amide bonds. The number of carbonyl (C=O) groups excluding carboxylic acids is 2. The van der Waals surface area contributed by atoms with Crippen LogP contribution in [0.25, 0.3) is 10.4 Å². The number of fused-ring (bicyclic) bond motifs is 6. The molecule has 1 aromatic heterocycles. The first kappa shape index (κ1) is 23.8. The van der Waals surface area contributed by atoms with E-state index >= 15 is 0 Å². The van der Waals surface area contributed by atoms with Crippen LogP contribution in [0.2, 0.25) is 0 Å². The minimum absolute atomic E-state index is 0.111. The summed E-state index contributed by atoms with van der Waals surface area (Å²) in [4.78, 5) is 32.3. The fourth-order valence-electron chi connectivity index (χ4n) is 10.0. The van der Waals surface area contributed by atoms with Gasteiger partial charge in [-0.2, -0.15) is 10.3 Å². The van der Waals surface area contributed by atoms with Crippen molar-refractivity contribution in [3.8, 4) is 16.6 Å². The first-order chi connectivity index (χ1) is 17.3. The zero-order valence-corrected chi connectivity index (χ0v) is 22.2. The molecule has 5 aliphatic carbocycles. The van der Waals surface area contributed by atoms with Gasteiger partial charge >= 0.3 is 0 Å². The lowest BCUT2D eigenvalue weighted by molar-refractivity contribution is -0.139. The summed E-state index contributed by atoms with van der Waals surface area (Å²) in [7, 11) is 0. The van der Waals surface area contributed by atoms with Crippen LogP contribution in [0, 0.1) is 52.4 Å². The topological polar surface area (TPSA) is 70.3 Å². The number of nitrogens with zero attached hydrogens (tertiary/aromatic N) is 2. The molecule has 0 saturated heterocycles. The molecule has 5 heteroatoms. The highest BCUT2D eigenvalue weighted by molar-refractivity contribution is 7.15. The van der Waals surface area contributed by atoms with Crippen molar-refractivity contribution in [1.82, 2.24) is 0 Å². The first-order valence-electron chi connectivity index (χ1n) is 13.3. The molecule has 7 atom stereocenters. The highest BCUT2D eigenvalue weighted by Crippen LogP contribution is 2.82. The van der Waals surface area contributed by atoms with Gasteiger partial charge in [0.05, 0.1) is 0 Å². The van der Waals surface area contributed by atoms with E-state index in [-0.39, 0.29) is 34.7 Å². The van der Waals surface area contributed by atoms with Gasteiger partial charge in [-0.05, 0) is 98.1 Å². The molecular weight excluding hydrogens is 464 g/mol. The summed E-state index contributed by atoms with van der Waals surface area (Å²) in [6, 6.07) is 13.1. The van der Waals surface area contributed by atoms with Crippen LogP contribution in [-0.4, -0.2) is 18.3 Å². The maximum absolute atomic E-state index is 13.5. The predicted molar refractivity (Wildman–Crippen MR) is 143 cm³/mol. The third-order valence-electron chi connectivity index (χ3n) is 11.0. The van der Waals surface area contributed by atoms with E-state index in [1.807, 2.05) is 11.3 Å². The van der Waals surface area contributed by atoms with Crippen molar-refractivity contribution >= 4 is 29.6 Å². The molecule has 5 aliphatic rings. The Morgan fingerprint density at radius 2 is 1.61 bits per heavy atom. The van der Waals surface area contributed by atoms with Gasteiger partial charge in [0, 0.05) is 33.7 Å². The molecule has 3 bridgehead atoms. The van der Waals surface area contributed by atoms with Crippen molar-refractivity contribution in [3.63, 3.8) is 0 Å². The maximum atomic E-state index is 13.5. The van der Waals surface area contributed by atoms with Gasteiger partial charge < -0.3 is 0 Å². The average molecular weight is 499 g/mol. The fourth-order valence-corrected chi connectivity index (χ4v) is 11.7. The van der Waals surface area contributed by atoms with Gasteiger partial charge in [0.1, 0.15) is 11.6 Å². The summed E-state index contributed by atoms with van der Waals surface area (Å²) in [5.41, 5.74) is 3.12. The van der Waals surface area contributed by atoms with Crippen LogP contribution in [0.4, 0.5) is 0 Å². The van der Waals surface area contributed by atoms with Gasteiger partial charge in [0.2, 0.25) is 6.19 Å². The summed E-state index contributed by atoms with van der Waals surface area (Å²) in [5.74, 6) is 3.16. The van der Waals surface area contributed by atoms with Crippen LogP contribution in [-0.2, 0) is 15.0 Å². The molecule has 4 fully saturated rings. The van der Waals surface area contributed by atoms with Crippen LogP contribution in [0.15, 0.2) is 41.4 Å². The minimum Gasteiger partial charge on any atom is -0.300 e. The standard InChI is InChI=1S/C29H32O2S.C2H2N2/c1-15-23-12-24(18-7-5-4-6-8-18)32-27(23)29(26(17(3)31)25(15)16(2)30)21-10-19-9-20-11-22(29)14-28(19,20)13-21;1-4-2-3/h4-8,12,15,19-22,25-26H,9-11,13-14H2,1-3H3;1H2. The highest BCUT2D eigenvalue weighted by Gasteiger charge is 2.76. The Morgan fingerprint density at radius 1 is 1.03 bits per heavy atom. The number of hydrogen-bond acceptors (Lipinski definition) is 5. The number of thiophene rings is 1. The number of aliphatic imine (C=N–C) groups is 1. The van der Waals surface area contributed by atoms with Crippen LogP contribution in [0.1, 0.15) is 69.2 Å². The van der Waals surface area contributed by atoms with Crippen LogP contribution >= 0.6 is 11.3 Å². The van der Waals surface area contributed by atoms with Crippen molar-refractivity contribution in [2.24, 2.45) is 45.9 Å². The third-order valence-corrected chi connectivity index (χ3v) is 12.4. The van der Waals surface area contributed by atoms with E-state index in [0.29, 0.717) is 17.3 Å². The van der Waals surface area contributed by atoms with Crippen molar-refractivity contribution in [2.75, 3.05) is 0 Å². The van der Waals surface area contributed by atoms with Crippen LogP contribution < -0.4 is 0 Å². The Balaban J connectivity index is 0.000000562. The average Bonchev–Trinajstić information content (AvgIpc) is 3.49. The van der Waals surface area contributed by atoms with E-state index in [2.05, 4.69) is 55.0 Å². The number of nitriles is 1. The maximum Gasteiger partial charge on any atom is 0.205 e. The Kier molecular flexibility index (Phi) is 5.43. The Morgan fingerprint density at radius 3 is 2.14 bits per heavy atom. The SMILES string of the molecule is C=NC#N.CC(=O)C1C(C)c2cc(-c3ccccc3)sc2C2(C3CC4CC5CC2CC45C3)C1C(C)=O. The minimum atomic E-state index is -0.178. The monoisotopic (exact) mass is 498 g/mol. The number of rotatable bonds is 3. The smallest absolute Gasteiger partial charge is 0.205 e. The molecule has 1 heterocycles. The van der Waals surface area contributed by atoms with E-state index in [1.165, 1.54) is 59.2 Å². The van der Waals surface area contributed by atoms with Crippen LogP contribution in [0.3, 0.4) is 0 Å². The lowest BCUT2D eigenvalue weighted by Gasteiger charge is -2.57. The molecule has 2 spiro atoms. The molecule has 186 valence electrons. The lowest BCUT2D eigenvalue weighted by atomic mass is 9.46. The predicted octanol–water partition coefficient (Wildman–Crippen LogP) is 6.80. The summed E-state index contributed by atoms with van der Waals surface area (Å²) in [5, 5.41) is 7.40. The van der Waals surface area contributed by atoms with Gasteiger partial charge in [-0.1, -0.05) is 37.3 Å². The molecule has 4 nitrogen and oxygen atoms in total. The van der Waals surface area contributed by atoms with E-state index < -0.39 is 0 Å². The molecule has 36 heavy (non-hydrogen) atoms. The normalized spacial score (nSPS) is 40.3. The Labute approximate surface area is 217 Å². The third kappa shape index (κ3) is 2.88. The molecule has 0 aliphatic heterocycles. The number of carbonyl (C=O) groups is 2. The molecule has 0 N–H and O–H groups in total. The van der Waals surface area contributed by atoms with Crippen molar-refractivity contribution in [2.45, 2.75) is 64.2 Å². The number of benzene rings is 1. The van der Waals surface area contributed by atoms with Gasteiger partial charge in [0.25, 0.3) is 0 Å². The van der Waals surface area contributed by atoms with Crippen LogP contribution in [0.5, 0.6) is 0 Å². The lowest BCUT2D eigenvalue weighted by Crippen LogP contribution is -2.58. The largest absolute Gasteiger partial charge is 0.300 e. The molecule has 7 rings (SSSR count). The molecule has 1 aromatic carbocycles. The second kappa shape index (κ2) is 8.21. The zero-order valence-electron chi connectivity index (χ0n) is 21.4. The van der Waals surface area contributed by atoms with E-state index in [0.717, 1.165) is 11.8 Å². The van der Waals surface area contributed by atoms with Gasteiger partial charge in [-0.25, -0.2) is 0 Å². The number of ketones is 2. The summed E-state index contributed by atoms with van der Waals surface area (Å²) in [6.07, 6.45) is 8.05. The van der Waals surface area contributed by atoms with Crippen molar-refractivity contribution in [3.05, 3.63) is 46.8 Å². The second-order valence-corrected chi connectivity index (χ2v) is 13.2. The van der Waals surface area contributed by atoms with Crippen molar-refractivity contribution in [1.29, 1.82) is 5.26 Å². The molecule has 2 aromatic rings. The first-order valence-corrected chi connectivity index (χ1v) is 14.2. The zero-order chi connectivity index (χ0) is 25.4. The fraction of sp³-hybridized carbons (Fsp3) is 0.548. The second-order valence-electron chi connectivity index (χ2n) is 12.1. The number of Topliss-reactive ketones (excluding diaryl/α,β-unsaturated/α-hetero) is 2. The van der Waals surface area contributed by atoms with E-state index in [4.69, 9.17) is 5.26 Å². The molecule has 4 saturated carbocycles. The van der Waals surface area contributed by atoms with Gasteiger partial charge in [-0.3, -0.25) is 9.59 Å². The summed E-state index contributed by atoms with van der Waals surface area (Å²) >= 11 is 1.96. The van der Waals surface area contributed by atoms with Gasteiger partial charge in [0.15, 0.2) is 0 Å². The molecule has 0 radical (unpaired) electrons.